The Hall–Kier alpha value is -2.43. The van der Waals surface area contributed by atoms with Gasteiger partial charge in [0.15, 0.2) is 0 Å². The van der Waals surface area contributed by atoms with Gasteiger partial charge in [-0.25, -0.2) is 4.79 Å². The molecule has 0 atom stereocenters. The van der Waals surface area contributed by atoms with Crippen molar-refractivity contribution in [1.82, 2.24) is 5.32 Å². The molecule has 0 aliphatic carbocycles. The van der Waals surface area contributed by atoms with Gasteiger partial charge < -0.3 is 14.2 Å². The predicted octanol–water partition coefficient (Wildman–Crippen LogP) is 2.34. The summed E-state index contributed by atoms with van der Waals surface area (Å²) in [5.74, 6) is 1.42. The van der Waals surface area contributed by atoms with E-state index in [4.69, 9.17) is 14.2 Å². The van der Waals surface area contributed by atoms with Gasteiger partial charge in [0, 0.05) is 0 Å². The molecule has 1 aromatic rings. The van der Waals surface area contributed by atoms with Crippen molar-refractivity contribution in [3.8, 4) is 11.5 Å². The summed E-state index contributed by atoms with van der Waals surface area (Å²) in [4.78, 5) is 11.4. The molecule has 0 saturated carbocycles. The van der Waals surface area contributed by atoms with Crippen LogP contribution in [-0.4, -0.2) is 26.4 Å². The highest BCUT2D eigenvalue weighted by Gasteiger charge is 2.16. The Balaban J connectivity index is 2.14. The molecule has 100 valence electrons. The Morgan fingerprint density at radius 1 is 1.58 bits per heavy atom. The quantitative estimate of drug-likeness (QED) is 0.845. The lowest BCUT2D eigenvalue weighted by atomic mass is 10.1. The standard InChI is InChI=1S/C14H15NO4/c1-3-7-18-14(16)15-10-8-11-12(17-2)5-4-6-13(11)19-9-10/h3-6,8H,1,7,9H2,2H3,(H,15,16). The molecule has 1 aliphatic heterocycles. The number of rotatable bonds is 4. The smallest absolute Gasteiger partial charge is 0.411 e. The average molecular weight is 261 g/mol. The molecular weight excluding hydrogens is 246 g/mol. The van der Waals surface area contributed by atoms with Gasteiger partial charge in [0.2, 0.25) is 0 Å². The molecule has 0 unspecified atom stereocenters. The summed E-state index contributed by atoms with van der Waals surface area (Å²) in [6.07, 6.45) is 2.78. The summed E-state index contributed by atoms with van der Waals surface area (Å²) in [5, 5.41) is 2.62. The van der Waals surface area contributed by atoms with Gasteiger partial charge in [-0.05, 0) is 18.2 Å². The lowest BCUT2D eigenvalue weighted by molar-refractivity contribution is 0.160. The number of carbonyl (C=O) groups is 1. The van der Waals surface area contributed by atoms with Crippen molar-refractivity contribution < 1.29 is 19.0 Å². The van der Waals surface area contributed by atoms with Crippen molar-refractivity contribution in [3.63, 3.8) is 0 Å². The highest BCUT2D eigenvalue weighted by molar-refractivity contribution is 5.75. The number of hydrogen-bond donors (Lipinski definition) is 1. The number of fused-ring (bicyclic) bond motifs is 1. The minimum Gasteiger partial charge on any atom is -0.496 e. The minimum atomic E-state index is -0.534. The van der Waals surface area contributed by atoms with Crippen molar-refractivity contribution in [2.75, 3.05) is 20.3 Å². The van der Waals surface area contributed by atoms with E-state index in [9.17, 15) is 4.79 Å². The van der Waals surface area contributed by atoms with Crippen LogP contribution in [0.2, 0.25) is 0 Å². The zero-order valence-electron chi connectivity index (χ0n) is 10.6. The molecule has 0 bridgehead atoms. The third-order valence-corrected chi connectivity index (χ3v) is 2.54. The molecule has 1 N–H and O–H groups in total. The molecule has 0 aromatic heterocycles. The highest BCUT2D eigenvalue weighted by atomic mass is 16.5. The van der Waals surface area contributed by atoms with Crippen LogP contribution < -0.4 is 14.8 Å². The first-order valence-corrected chi connectivity index (χ1v) is 5.79. The van der Waals surface area contributed by atoms with Crippen LogP contribution in [0.4, 0.5) is 4.79 Å². The summed E-state index contributed by atoms with van der Waals surface area (Å²) < 4.78 is 15.6. The van der Waals surface area contributed by atoms with Gasteiger partial charge in [-0.2, -0.15) is 0 Å². The topological polar surface area (TPSA) is 56.8 Å². The number of alkyl carbamates (subject to hydrolysis) is 1. The van der Waals surface area contributed by atoms with Gasteiger partial charge in [0.05, 0.1) is 18.4 Å². The molecule has 0 radical (unpaired) electrons. The third kappa shape index (κ3) is 3.07. The van der Waals surface area contributed by atoms with Crippen molar-refractivity contribution in [3.05, 3.63) is 42.1 Å². The Morgan fingerprint density at radius 3 is 3.16 bits per heavy atom. The molecule has 5 nitrogen and oxygen atoms in total. The summed E-state index contributed by atoms with van der Waals surface area (Å²) in [6.45, 7) is 3.92. The van der Waals surface area contributed by atoms with Crippen molar-refractivity contribution in [2.45, 2.75) is 0 Å². The Bertz CT molecular complexity index is 522. The lowest BCUT2D eigenvalue weighted by Crippen LogP contribution is -2.28. The first kappa shape index (κ1) is 13.0. The number of carbonyl (C=O) groups excluding carboxylic acids is 1. The van der Waals surface area contributed by atoms with Crippen LogP contribution in [0.3, 0.4) is 0 Å². The van der Waals surface area contributed by atoms with Gasteiger partial charge in [-0.3, -0.25) is 5.32 Å². The Kier molecular flexibility index (Phi) is 4.07. The Labute approximate surface area is 111 Å². The monoisotopic (exact) mass is 261 g/mol. The maximum atomic E-state index is 11.4. The van der Waals surface area contributed by atoms with Crippen LogP contribution in [0.25, 0.3) is 6.08 Å². The molecule has 0 saturated heterocycles. The fourth-order valence-electron chi connectivity index (χ4n) is 1.72. The van der Waals surface area contributed by atoms with Crippen molar-refractivity contribution in [2.24, 2.45) is 0 Å². The molecule has 0 spiro atoms. The van der Waals surface area contributed by atoms with Gasteiger partial charge in [-0.15, -0.1) is 0 Å². The van der Waals surface area contributed by atoms with E-state index in [1.165, 1.54) is 6.08 Å². The Morgan fingerprint density at radius 2 is 2.42 bits per heavy atom. The van der Waals surface area contributed by atoms with E-state index in [1.807, 2.05) is 24.3 Å². The van der Waals surface area contributed by atoms with E-state index in [2.05, 4.69) is 11.9 Å². The molecule has 5 heteroatoms. The first-order valence-electron chi connectivity index (χ1n) is 5.79. The zero-order valence-corrected chi connectivity index (χ0v) is 10.6. The van der Waals surface area contributed by atoms with Crippen LogP contribution in [-0.2, 0) is 4.74 Å². The second kappa shape index (κ2) is 5.95. The van der Waals surface area contributed by atoms with Gasteiger partial charge in [-0.1, -0.05) is 18.7 Å². The number of hydrogen-bond acceptors (Lipinski definition) is 4. The second-order valence-electron chi connectivity index (χ2n) is 3.84. The van der Waals surface area contributed by atoms with E-state index < -0.39 is 6.09 Å². The van der Waals surface area contributed by atoms with Crippen LogP contribution in [0.5, 0.6) is 11.5 Å². The number of ether oxygens (including phenoxy) is 3. The minimum absolute atomic E-state index is 0.167. The van der Waals surface area contributed by atoms with E-state index in [0.717, 1.165) is 11.3 Å². The van der Waals surface area contributed by atoms with Gasteiger partial charge in [0.1, 0.15) is 24.7 Å². The van der Waals surface area contributed by atoms with E-state index in [-0.39, 0.29) is 13.2 Å². The SMILES string of the molecule is C=CCOC(=O)NC1=Cc2c(OC)cccc2OC1. The number of nitrogens with one attached hydrogen (secondary N) is 1. The molecule has 19 heavy (non-hydrogen) atoms. The summed E-state index contributed by atoms with van der Waals surface area (Å²) >= 11 is 0. The fourth-order valence-corrected chi connectivity index (χ4v) is 1.72. The predicted molar refractivity (Wildman–Crippen MR) is 71.1 cm³/mol. The number of benzene rings is 1. The second-order valence-corrected chi connectivity index (χ2v) is 3.84. The molecule has 1 aliphatic rings. The highest BCUT2D eigenvalue weighted by Crippen LogP contribution is 2.33. The zero-order chi connectivity index (χ0) is 13.7. The van der Waals surface area contributed by atoms with Gasteiger partial charge in [0.25, 0.3) is 0 Å². The van der Waals surface area contributed by atoms with E-state index >= 15 is 0 Å². The maximum Gasteiger partial charge on any atom is 0.411 e. The third-order valence-electron chi connectivity index (χ3n) is 2.54. The van der Waals surface area contributed by atoms with E-state index in [1.54, 1.807) is 7.11 Å². The fraction of sp³-hybridized carbons (Fsp3) is 0.214. The van der Waals surface area contributed by atoms with Crippen LogP contribution in [0, 0.1) is 0 Å². The van der Waals surface area contributed by atoms with Crippen LogP contribution in [0.15, 0.2) is 36.6 Å². The van der Waals surface area contributed by atoms with E-state index in [0.29, 0.717) is 11.4 Å². The number of amides is 1. The molecule has 1 amide bonds. The first-order chi connectivity index (χ1) is 9.24. The summed E-state index contributed by atoms with van der Waals surface area (Å²) in [7, 11) is 1.59. The van der Waals surface area contributed by atoms with Crippen molar-refractivity contribution in [1.29, 1.82) is 0 Å². The number of methoxy groups -OCH3 is 1. The van der Waals surface area contributed by atoms with Crippen LogP contribution in [0.1, 0.15) is 5.56 Å². The molecule has 0 fully saturated rings. The molecule has 1 aromatic carbocycles. The largest absolute Gasteiger partial charge is 0.496 e. The van der Waals surface area contributed by atoms with Gasteiger partial charge >= 0.3 is 6.09 Å². The van der Waals surface area contributed by atoms with Crippen LogP contribution >= 0.6 is 0 Å². The molecule has 1 heterocycles. The summed E-state index contributed by atoms with van der Waals surface area (Å²) in [6, 6.07) is 5.53. The average Bonchev–Trinajstić information content (AvgIpc) is 2.44. The molecular formula is C14H15NO4. The maximum absolute atomic E-state index is 11.4. The molecule has 2 rings (SSSR count). The summed E-state index contributed by atoms with van der Waals surface area (Å²) in [5.41, 5.74) is 1.42. The lowest BCUT2D eigenvalue weighted by Gasteiger charge is -2.19. The van der Waals surface area contributed by atoms with Crippen molar-refractivity contribution >= 4 is 12.2 Å². The normalized spacial score (nSPS) is 12.6.